The molecule has 0 bridgehead atoms. The fourth-order valence-corrected chi connectivity index (χ4v) is 2.06. The summed E-state index contributed by atoms with van der Waals surface area (Å²) in [4.78, 5) is 8.62. The summed E-state index contributed by atoms with van der Waals surface area (Å²) < 4.78 is 18.9. The van der Waals surface area contributed by atoms with Crippen molar-refractivity contribution in [1.29, 1.82) is 0 Å². The second kappa shape index (κ2) is 6.43. The summed E-state index contributed by atoms with van der Waals surface area (Å²) in [5.74, 6) is 0.323. The van der Waals surface area contributed by atoms with E-state index in [1.807, 2.05) is 13.8 Å². The van der Waals surface area contributed by atoms with Crippen LogP contribution in [0.1, 0.15) is 29.9 Å². The number of benzene rings is 1. The summed E-state index contributed by atoms with van der Waals surface area (Å²) in [6.45, 7) is 4.59. The van der Waals surface area contributed by atoms with Gasteiger partial charge in [-0.25, -0.2) is 4.39 Å². The highest BCUT2D eigenvalue weighted by Gasteiger charge is 2.19. The molecule has 2 rings (SSSR count). The molecule has 0 amide bonds. The van der Waals surface area contributed by atoms with E-state index in [2.05, 4.69) is 15.3 Å². The first-order chi connectivity index (χ1) is 9.65. The van der Waals surface area contributed by atoms with E-state index in [1.165, 1.54) is 12.1 Å². The highest BCUT2D eigenvalue weighted by atomic mass is 19.1. The summed E-state index contributed by atoms with van der Waals surface area (Å²) in [5.41, 5.74) is 2.30. The van der Waals surface area contributed by atoms with Crippen molar-refractivity contribution in [3.63, 3.8) is 0 Å². The second-order valence-corrected chi connectivity index (χ2v) is 4.46. The minimum atomic E-state index is -0.302. The third-order valence-electron chi connectivity index (χ3n) is 3.01. The van der Waals surface area contributed by atoms with Crippen molar-refractivity contribution in [3.05, 3.63) is 53.4 Å². The van der Waals surface area contributed by atoms with Crippen molar-refractivity contribution in [2.45, 2.75) is 19.9 Å². The van der Waals surface area contributed by atoms with Crippen LogP contribution in [-0.4, -0.2) is 23.6 Å². The van der Waals surface area contributed by atoms with Crippen molar-refractivity contribution in [2.75, 3.05) is 13.7 Å². The molecule has 0 fully saturated rings. The van der Waals surface area contributed by atoms with Gasteiger partial charge in [0.1, 0.15) is 11.6 Å². The molecule has 20 heavy (non-hydrogen) atoms. The molecule has 1 heterocycles. The Morgan fingerprint density at radius 2 is 2.10 bits per heavy atom. The van der Waals surface area contributed by atoms with Gasteiger partial charge in [-0.2, -0.15) is 0 Å². The molecule has 0 aliphatic rings. The second-order valence-electron chi connectivity index (χ2n) is 4.46. The maximum Gasteiger partial charge on any atom is 0.124 e. The number of methoxy groups -OCH3 is 1. The molecule has 5 heteroatoms. The Balaban J connectivity index is 2.47. The minimum absolute atomic E-state index is 0.251. The average molecular weight is 275 g/mol. The van der Waals surface area contributed by atoms with Gasteiger partial charge in [-0.3, -0.25) is 9.97 Å². The van der Waals surface area contributed by atoms with Crippen LogP contribution in [-0.2, 0) is 0 Å². The monoisotopic (exact) mass is 275 g/mol. The SMILES string of the molecule is CCNC(c1cnc(C)cn1)c1cc(F)ccc1OC. The fraction of sp³-hybridized carbons (Fsp3) is 0.333. The van der Waals surface area contributed by atoms with Gasteiger partial charge in [0.15, 0.2) is 0 Å². The van der Waals surface area contributed by atoms with E-state index in [1.54, 1.807) is 25.6 Å². The molecule has 0 radical (unpaired) electrons. The van der Waals surface area contributed by atoms with Crippen LogP contribution in [0.4, 0.5) is 4.39 Å². The summed E-state index contributed by atoms with van der Waals surface area (Å²) in [7, 11) is 1.57. The van der Waals surface area contributed by atoms with Crippen LogP contribution in [0.3, 0.4) is 0 Å². The third kappa shape index (κ3) is 3.11. The molecule has 0 spiro atoms. The molecule has 0 saturated heterocycles. The molecule has 1 aromatic carbocycles. The van der Waals surface area contributed by atoms with Gasteiger partial charge < -0.3 is 10.1 Å². The predicted molar refractivity (Wildman–Crippen MR) is 75.2 cm³/mol. The van der Waals surface area contributed by atoms with Crippen LogP contribution in [0.2, 0.25) is 0 Å². The van der Waals surface area contributed by atoms with E-state index >= 15 is 0 Å². The molecule has 0 saturated carbocycles. The van der Waals surface area contributed by atoms with Crippen LogP contribution >= 0.6 is 0 Å². The van der Waals surface area contributed by atoms with Crippen LogP contribution in [0.5, 0.6) is 5.75 Å². The first kappa shape index (κ1) is 14.4. The Morgan fingerprint density at radius 3 is 2.70 bits per heavy atom. The molecule has 2 aromatic rings. The van der Waals surface area contributed by atoms with E-state index < -0.39 is 0 Å². The molecule has 1 atom stereocenters. The topological polar surface area (TPSA) is 47.0 Å². The lowest BCUT2D eigenvalue weighted by molar-refractivity contribution is 0.402. The molecule has 0 aliphatic heterocycles. The maximum atomic E-state index is 13.5. The van der Waals surface area contributed by atoms with Crippen LogP contribution < -0.4 is 10.1 Å². The number of hydrogen-bond donors (Lipinski definition) is 1. The quantitative estimate of drug-likeness (QED) is 0.911. The van der Waals surface area contributed by atoms with Crippen molar-refractivity contribution in [1.82, 2.24) is 15.3 Å². The first-order valence-electron chi connectivity index (χ1n) is 6.51. The van der Waals surface area contributed by atoms with Crippen LogP contribution in [0.15, 0.2) is 30.6 Å². The lowest BCUT2D eigenvalue weighted by Gasteiger charge is -2.20. The van der Waals surface area contributed by atoms with E-state index in [-0.39, 0.29) is 11.9 Å². The van der Waals surface area contributed by atoms with E-state index in [4.69, 9.17) is 4.74 Å². The molecular formula is C15H18FN3O. The number of rotatable bonds is 5. The van der Waals surface area contributed by atoms with Crippen molar-refractivity contribution >= 4 is 0 Å². The zero-order valence-corrected chi connectivity index (χ0v) is 11.9. The van der Waals surface area contributed by atoms with E-state index in [0.29, 0.717) is 11.3 Å². The number of nitrogens with zero attached hydrogens (tertiary/aromatic N) is 2. The number of halogens is 1. The lowest BCUT2D eigenvalue weighted by Crippen LogP contribution is -2.24. The number of ether oxygens (including phenoxy) is 1. The van der Waals surface area contributed by atoms with Gasteiger partial charge in [-0.05, 0) is 31.7 Å². The largest absolute Gasteiger partial charge is 0.496 e. The van der Waals surface area contributed by atoms with Gasteiger partial charge in [0.2, 0.25) is 0 Å². The predicted octanol–water partition coefficient (Wildman–Crippen LogP) is 2.63. The Hall–Kier alpha value is -2.01. The minimum Gasteiger partial charge on any atom is -0.496 e. The Labute approximate surface area is 118 Å². The van der Waals surface area contributed by atoms with Crippen molar-refractivity contribution in [3.8, 4) is 5.75 Å². The van der Waals surface area contributed by atoms with Gasteiger partial charge >= 0.3 is 0 Å². The number of hydrogen-bond acceptors (Lipinski definition) is 4. The van der Waals surface area contributed by atoms with Gasteiger partial charge in [0.05, 0.1) is 30.7 Å². The molecule has 1 unspecified atom stereocenters. The highest BCUT2D eigenvalue weighted by Crippen LogP contribution is 2.29. The van der Waals surface area contributed by atoms with Gasteiger partial charge in [0.25, 0.3) is 0 Å². The number of nitrogens with one attached hydrogen (secondary N) is 1. The number of aromatic nitrogens is 2. The lowest BCUT2D eigenvalue weighted by atomic mass is 10.0. The normalized spacial score (nSPS) is 12.2. The Bertz CT molecular complexity index is 572. The Morgan fingerprint density at radius 1 is 1.30 bits per heavy atom. The molecule has 0 aliphatic carbocycles. The van der Waals surface area contributed by atoms with E-state index in [9.17, 15) is 4.39 Å². The summed E-state index contributed by atoms with van der Waals surface area (Å²) in [5, 5.41) is 3.29. The van der Waals surface area contributed by atoms with Gasteiger partial charge in [-0.1, -0.05) is 6.92 Å². The average Bonchev–Trinajstić information content (AvgIpc) is 2.46. The number of aryl methyl sites for hydroxylation is 1. The maximum absolute atomic E-state index is 13.5. The zero-order valence-electron chi connectivity index (χ0n) is 11.9. The molecule has 4 nitrogen and oxygen atoms in total. The van der Waals surface area contributed by atoms with Crippen LogP contribution in [0.25, 0.3) is 0 Å². The standard InChI is InChI=1S/C15H18FN3O/c1-4-17-15(13-9-18-10(2)8-19-13)12-7-11(16)5-6-14(12)20-3/h5-9,15,17H,4H2,1-3H3. The van der Waals surface area contributed by atoms with Crippen molar-refractivity contribution in [2.24, 2.45) is 0 Å². The molecule has 1 N–H and O–H groups in total. The summed E-state index contributed by atoms with van der Waals surface area (Å²) in [6, 6.07) is 4.22. The summed E-state index contributed by atoms with van der Waals surface area (Å²) >= 11 is 0. The molecule has 106 valence electrons. The first-order valence-corrected chi connectivity index (χ1v) is 6.51. The third-order valence-corrected chi connectivity index (χ3v) is 3.01. The molecular weight excluding hydrogens is 257 g/mol. The van der Waals surface area contributed by atoms with Gasteiger partial charge in [0, 0.05) is 11.8 Å². The smallest absolute Gasteiger partial charge is 0.124 e. The Kier molecular flexibility index (Phi) is 4.63. The summed E-state index contributed by atoms with van der Waals surface area (Å²) in [6.07, 6.45) is 3.40. The van der Waals surface area contributed by atoms with Crippen molar-refractivity contribution < 1.29 is 9.13 Å². The van der Waals surface area contributed by atoms with E-state index in [0.717, 1.165) is 17.9 Å². The van der Waals surface area contributed by atoms with Gasteiger partial charge in [-0.15, -0.1) is 0 Å². The highest BCUT2D eigenvalue weighted by molar-refractivity contribution is 5.40. The zero-order chi connectivity index (χ0) is 14.5. The fourth-order valence-electron chi connectivity index (χ4n) is 2.06. The molecule has 1 aromatic heterocycles. The van der Waals surface area contributed by atoms with Crippen LogP contribution in [0, 0.1) is 12.7 Å².